The molecule has 2 aliphatic carbocycles. The normalized spacial score (nSPS) is 41.3. The fourth-order valence-electron chi connectivity index (χ4n) is 3.46. The van der Waals surface area contributed by atoms with Crippen molar-refractivity contribution in [1.29, 1.82) is 0 Å². The van der Waals surface area contributed by atoms with E-state index in [4.69, 9.17) is 0 Å². The van der Waals surface area contributed by atoms with Gasteiger partial charge in [-0.1, -0.05) is 6.92 Å². The molecule has 2 atom stereocenters. The van der Waals surface area contributed by atoms with Crippen molar-refractivity contribution in [2.45, 2.75) is 39.0 Å². The molecule has 19 heavy (non-hydrogen) atoms. The summed E-state index contributed by atoms with van der Waals surface area (Å²) >= 11 is 0. The molecule has 3 rings (SSSR count). The van der Waals surface area contributed by atoms with Crippen LogP contribution in [0.1, 0.15) is 39.0 Å². The Morgan fingerprint density at radius 3 is 2.26 bits per heavy atom. The van der Waals surface area contributed by atoms with Crippen LogP contribution in [0.2, 0.25) is 0 Å². The molecule has 5 nitrogen and oxygen atoms in total. The van der Waals surface area contributed by atoms with Crippen LogP contribution >= 0.6 is 0 Å². The van der Waals surface area contributed by atoms with E-state index >= 15 is 0 Å². The van der Waals surface area contributed by atoms with Crippen LogP contribution in [0.15, 0.2) is 0 Å². The quantitative estimate of drug-likeness (QED) is 0.780. The first kappa shape index (κ1) is 12.6. The second kappa shape index (κ2) is 4.05. The highest BCUT2D eigenvalue weighted by molar-refractivity contribution is 6.09. The predicted octanol–water partition coefficient (Wildman–Crippen LogP) is 1.27. The van der Waals surface area contributed by atoms with Gasteiger partial charge in [-0.05, 0) is 38.0 Å². The molecule has 2 saturated carbocycles. The van der Waals surface area contributed by atoms with Gasteiger partial charge in [-0.25, -0.2) is 0 Å². The lowest BCUT2D eigenvalue weighted by Crippen LogP contribution is -2.48. The molecular formula is C14H19NO4. The molecular weight excluding hydrogens is 246 g/mol. The molecule has 0 spiro atoms. The summed E-state index contributed by atoms with van der Waals surface area (Å²) in [6.07, 6.45) is 3.52. The maximum absolute atomic E-state index is 12.0. The number of carbonyl (C=O) groups is 3. The van der Waals surface area contributed by atoms with E-state index in [1.165, 1.54) is 4.90 Å². The van der Waals surface area contributed by atoms with E-state index in [-0.39, 0.29) is 30.2 Å². The molecule has 0 aromatic carbocycles. The summed E-state index contributed by atoms with van der Waals surface area (Å²) in [7, 11) is 0. The van der Waals surface area contributed by atoms with Crippen LogP contribution in [0.5, 0.6) is 0 Å². The van der Waals surface area contributed by atoms with Gasteiger partial charge >= 0.3 is 5.97 Å². The number of carboxylic acid groups (broad SMARTS) is 1. The van der Waals surface area contributed by atoms with E-state index in [0.29, 0.717) is 25.2 Å². The molecule has 2 unspecified atom stereocenters. The lowest BCUT2D eigenvalue weighted by atomic mass is 9.70. The zero-order valence-corrected chi connectivity index (χ0v) is 11.1. The molecule has 1 saturated heterocycles. The van der Waals surface area contributed by atoms with E-state index < -0.39 is 11.4 Å². The molecule has 3 fully saturated rings. The van der Waals surface area contributed by atoms with Crippen molar-refractivity contribution < 1.29 is 19.5 Å². The summed E-state index contributed by atoms with van der Waals surface area (Å²) in [5.41, 5.74) is -0.908. The maximum atomic E-state index is 12.0. The van der Waals surface area contributed by atoms with Gasteiger partial charge in [0, 0.05) is 6.54 Å². The van der Waals surface area contributed by atoms with Gasteiger partial charge in [-0.2, -0.15) is 0 Å². The summed E-state index contributed by atoms with van der Waals surface area (Å²) in [4.78, 5) is 36.8. The van der Waals surface area contributed by atoms with Crippen LogP contribution in [-0.4, -0.2) is 34.3 Å². The monoisotopic (exact) mass is 265 g/mol. The number of carbonyl (C=O) groups excluding carboxylic acids is 2. The minimum atomic E-state index is -0.908. The van der Waals surface area contributed by atoms with Gasteiger partial charge in [0.15, 0.2) is 0 Å². The summed E-state index contributed by atoms with van der Waals surface area (Å²) in [6.45, 7) is 2.20. The molecule has 2 amide bonds. The van der Waals surface area contributed by atoms with Gasteiger partial charge in [0.2, 0.25) is 11.8 Å². The number of aliphatic carboxylic acids is 1. The van der Waals surface area contributed by atoms with Gasteiger partial charge < -0.3 is 5.11 Å². The molecule has 1 N–H and O–H groups in total. The zero-order valence-electron chi connectivity index (χ0n) is 11.1. The number of hydrogen-bond acceptors (Lipinski definition) is 3. The fraction of sp³-hybridized carbons (Fsp3) is 0.786. The second-order valence-corrected chi connectivity index (χ2v) is 6.48. The van der Waals surface area contributed by atoms with Crippen molar-refractivity contribution in [2.24, 2.45) is 23.2 Å². The van der Waals surface area contributed by atoms with Gasteiger partial charge in [0.05, 0.1) is 17.3 Å². The highest BCUT2D eigenvalue weighted by Gasteiger charge is 2.60. The topological polar surface area (TPSA) is 74.7 Å². The SMILES string of the molecule is CC1CCC(CN2C(=O)C3CC3C2=O)(C(=O)O)CC1. The number of fused-ring (bicyclic) bond motifs is 1. The van der Waals surface area contributed by atoms with Crippen LogP contribution in [0, 0.1) is 23.2 Å². The molecule has 5 heteroatoms. The number of amides is 2. The van der Waals surface area contributed by atoms with Crippen molar-refractivity contribution in [2.75, 3.05) is 6.54 Å². The lowest BCUT2D eigenvalue weighted by molar-refractivity contribution is -0.156. The third kappa shape index (κ3) is 1.86. The molecule has 0 bridgehead atoms. The minimum Gasteiger partial charge on any atom is -0.481 e. The number of hydrogen-bond donors (Lipinski definition) is 1. The van der Waals surface area contributed by atoms with Crippen LogP contribution in [-0.2, 0) is 14.4 Å². The molecule has 1 aliphatic heterocycles. The zero-order chi connectivity index (χ0) is 13.8. The number of nitrogens with zero attached hydrogens (tertiary/aromatic N) is 1. The van der Waals surface area contributed by atoms with E-state index in [0.717, 1.165) is 12.8 Å². The summed E-state index contributed by atoms with van der Waals surface area (Å²) in [5.74, 6) is -0.892. The van der Waals surface area contributed by atoms with E-state index in [1.54, 1.807) is 0 Å². The lowest BCUT2D eigenvalue weighted by Gasteiger charge is -2.38. The average Bonchev–Trinajstić information content (AvgIpc) is 3.12. The maximum Gasteiger partial charge on any atom is 0.311 e. The Kier molecular flexibility index (Phi) is 2.69. The fourth-order valence-corrected chi connectivity index (χ4v) is 3.46. The Hall–Kier alpha value is -1.39. The number of carboxylic acids is 1. The van der Waals surface area contributed by atoms with E-state index in [1.807, 2.05) is 0 Å². The van der Waals surface area contributed by atoms with Crippen molar-refractivity contribution in [1.82, 2.24) is 4.90 Å². The third-order valence-corrected chi connectivity index (χ3v) is 5.10. The first-order valence-corrected chi connectivity index (χ1v) is 7.03. The van der Waals surface area contributed by atoms with Crippen molar-refractivity contribution in [3.05, 3.63) is 0 Å². The molecule has 0 aromatic rings. The van der Waals surface area contributed by atoms with Crippen molar-refractivity contribution in [3.63, 3.8) is 0 Å². The van der Waals surface area contributed by atoms with Gasteiger partial charge in [-0.15, -0.1) is 0 Å². The highest BCUT2D eigenvalue weighted by Crippen LogP contribution is 2.49. The van der Waals surface area contributed by atoms with Gasteiger partial charge in [0.1, 0.15) is 0 Å². The molecule has 104 valence electrons. The average molecular weight is 265 g/mol. The van der Waals surface area contributed by atoms with Crippen molar-refractivity contribution in [3.8, 4) is 0 Å². The first-order chi connectivity index (χ1) is 8.94. The minimum absolute atomic E-state index is 0.0831. The Bertz CT molecular complexity index is 430. The second-order valence-electron chi connectivity index (χ2n) is 6.48. The molecule has 0 radical (unpaired) electrons. The summed E-state index contributed by atoms with van der Waals surface area (Å²) < 4.78 is 0. The van der Waals surface area contributed by atoms with Crippen LogP contribution in [0.25, 0.3) is 0 Å². The van der Waals surface area contributed by atoms with E-state index in [2.05, 4.69) is 6.92 Å². The van der Waals surface area contributed by atoms with Gasteiger partial charge in [0.25, 0.3) is 0 Å². The number of piperidine rings is 1. The summed E-state index contributed by atoms with van der Waals surface area (Å²) in [5, 5.41) is 9.54. The number of rotatable bonds is 3. The Labute approximate surface area is 112 Å². The predicted molar refractivity (Wildman–Crippen MR) is 66.0 cm³/mol. The molecule has 3 aliphatic rings. The summed E-state index contributed by atoms with van der Waals surface area (Å²) in [6, 6.07) is 0. The Morgan fingerprint density at radius 1 is 1.26 bits per heavy atom. The van der Waals surface area contributed by atoms with Crippen molar-refractivity contribution >= 4 is 17.8 Å². The van der Waals surface area contributed by atoms with Crippen LogP contribution in [0.3, 0.4) is 0 Å². The standard InChI is InChI=1S/C14H19NO4/c1-8-2-4-14(5-3-8,13(18)19)7-15-11(16)9-6-10(9)12(15)17/h8-10H,2-7H2,1H3,(H,18,19). The molecule has 1 heterocycles. The Morgan fingerprint density at radius 2 is 1.79 bits per heavy atom. The van der Waals surface area contributed by atoms with Crippen LogP contribution in [0.4, 0.5) is 0 Å². The first-order valence-electron chi connectivity index (χ1n) is 7.03. The largest absolute Gasteiger partial charge is 0.481 e. The number of likely N-dealkylation sites (tertiary alicyclic amines) is 1. The molecule has 0 aromatic heterocycles. The third-order valence-electron chi connectivity index (χ3n) is 5.10. The smallest absolute Gasteiger partial charge is 0.311 e. The van der Waals surface area contributed by atoms with Gasteiger partial charge in [-0.3, -0.25) is 19.3 Å². The Balaban J connectivity index is 1.77. The van der Waals surface area contributed by atoms with Crippen LogP contribution < -0.4 is 0 Å². The highest BCUT2D eigenvalue weighted by atomic mass is 16.4. The van der Waals surface area contributed by atoms with E-state index in [9.17, 15) is 19.5 Å². The number of imide groups is 1.